The maximum atomic E-state index is 12.5. The smallest absolute Gasteiger partial charge is 0.251 e. The number of carbonyl (C=O) groups excluding carboxylic acids is 1. The fourth-order valence-electron chi connectivity index (χ4n) is 4.51. The Bertz CT molecular complexity index is 679. The van der Waals surface area contributed by atoms with Crippen LogP contribution in [0.25, 0.3) is 0 Å². The van der Waals surface area contributed by atoms with E-state index in [1.165, 1.54) is 12.8 Å². The van der Waals surface area contributed by atoms with Crippen molar-refractivity contribution in [3.05, 3.63) is 29.8 Å². The second-order valence-corrected chi connectivity index (χ2v) is 8.25. The number of terminal acetylenes is 1. The highest BCUT2D eigenvalue weighted by Crippen LogP contribution is 2.36. The molecule has 0 aromatic heterocycles. The minimum atomic E-state index is 0.0215. The van der Waals surface area contributed by atoms with E-state index in [2.05, 4.69) is 28.1 Å². The van der Waals surface area contributed by atoms with Gasteiger partial charge in [-0.25, -0.2) is 0 Å². The van der Waals surface area contributed by atoms with Gasteiger partial charge in [-0.3, -0.25) is 14.6 Å². The van der Waals surface area contributed by atoms with Crippen LogP contribution in [0.3, 0.4) is 0 Å². The van der Waals surface area contributed by atoms with Gasteiger partial charge < -0.3 is 10.2 Å². The summed E-state index contributed by atoms with van der Waals surface area (Å²) in [5.74, 6) is 4.20. The van der Waals surface area contributed by atoms with Crippen LogP contribution >= 0.6 is 0 Å². The normalized spacial score (nSPS) is 26.6. The van der Waals surface area contributed by atoms with Crippen LogP contribution in [0.5, 0.6) is 0 Å². The minimum absolute atomic E-state index is 0.0215. The molecule has 1 aromatic rings. The Kier molecular flexibility index (Phi) is 6.41. The van der Waals surface area contributed by atoms with E-state index >= 15 is 0 Å². The third-order valence-corrected chi connectivity index (χ3v) is 6.07. The molecule has 1 aromatic carbocycles. The van der Waals surface area contributed by atoms with Crippen molar-refractivity contribution in [2.45, 2.75) is 18.9 Å². The van der Waals surface area contributed by atoms with Gasteiger partial charge in [-0.05, 0) is 62.5 Å². The van der Waals surface area contributed by atoms with Crippen LogP contribution in [0.1, 0.15) is 23.2 Å². The molecule has 3 saturated heterocycles. The van der Waals surface area contributed by atoms with Gasteiger partial charge in [-0.1, -0.05) is 5.92 Å². The lowest BCUT2D eigenvalue weighted by Crippen LogP contribution is -2.58. The first-order valence-corrected chi connectivity index (χ1v) is 9.89. The van der Waals surface area contributed by atoms with Crippen molar-refractivity contribution in [2.24, 2.45) is 11.8 Å². The van der Waals surface area contributed by atoms with E-state index in [0.29, 0.717) is 12.0 Å². The number of amides is 1. The van der Waals surface area contributed by atoms with Crippen molar-refractivity contribution in [3.8, 4) is 12.3 Å². The Morgan fingerprint density at radius 2 is 2.04 bits per heavy atom. The van der Waals surface area contributed by atoms with Crippen LogP contribution in [0.4, 0.5) is 5.69 Å². The van der Waals surface area contributed by atoms with Gasteiger partial charge in [0.1, 0.15) is 0 Å². The van der Waals surface area contributed by atoms with Crippen molar-refractivity contribution in [1.82, 2.24) is 15.1 Å². The van der Waals surface area contributed by atoms with Crippen LogP contribution < -0.4 is 10.2 Å². The highest BCUT2D eigenvalue weighted by atomic mass is 16.1. The summed E-state index contributed by atoms with van der Waals surface area (Å²) in [6.07, 6.45) is 7.87. The number of nitrogens with zero attached hydrogens (tertiary/aromatic N) is 3. The lowest BCUT2D eigenvalue weighted by molar-refractivity contribution is -0.00762. The molecule has 0 spiro atoms. The quantitative estimate of drug-likeness (QED) is 0.745. The summed E-state index contributed by atoms with van der Waals surface area (Å²) in [7, 11) is 6.11. The van der Waals surface area contributed by atoms with Crippen molar-refractivity contribution in [1.29, 1.82) is 0 Å². The molecule has 3 heterocycles. The fraction of sp³-hybridized carbons (Fsp3) is 0.591. The summed E-state index contributed by atoms with van der Waals surface area (Å²) in [6, 6.07) is 8.23. The van der Waals surface area contributed by atoms with Gasteiger partial charge in [0.15, 0.2) is 0 Å². The molecule has 27 heavy (non-hydrogen) atoms. The first-order chi connectivity index (χ1) is 13.0. The summed E-state index contributed by atoms with van der Waals surface area (Å²) in [4.78, 5) is 19.3. The number of fused-ring (bicyclic) bond motifs is 3. The van der Waals surface area contributed by atoms with Crippen molar-refractivity contribution < 1.29 is 4.79 Å². The Morgan fingerprint density at radius 3 is 2.63 bits per heavy atom. The predicted molar refractivity (Wildman–Crippen MR) is 111 cm³/mol. The first kappa shape index (κ1) is 19.7. The number of anilines is 1. The summed E-state index contributed by atoms with van der Waals surface area (Å²) in [5, 5.41) is 3.15. The Morgan fingerprint density at radius 1 is 1.30 bits per heavy atom. The average molecular weight is 369 g/mol. The van der Waals surface area contributed by atoms with E-state index in [1.807, 2.05) is 43.3 Å². The highest BCUT2D eigenvalue weighted by Gasteiger charge is 2.40. The third kappa shape index (κ3) is 4.82. The SMILES string of the molecule is C#CCN(C)C[C@H]1CN2CC[C@@H]1C[C@H]2CNC(=O)c1ccc(N(C)C)cc1. The van der Waals surface area contributed by atoms with Gasteiger partial charge in [0.05, 0.1) is 6.54 Å². The number of hydrogen-bond acceptors (Lipinski definition) is 4. The van der Waals surface area contributed by atoms with E-state index < -0.39 is 0 Å². The highest BCUT2D eigenvalue weighted by molar-refractivity contribution is 5.94. The molecule has 1 unspecified atom stereocenters. The van der Waals surface area contributed by atoms with E-state index in [4.69, 9.17) is 6.42 Å². The summed E-state index contributed by atoms with van der Waals surface area (Å²) < 4.78 is 0. The Labute approximate surface area is 163 Å². The van der Waals surface area contributed by atoms with E-state index in [-0.39, 0.29) is 5.91 Å². The van der Waals surface area contributed by atoms with Gasteiger partial charge in [0.25, 0.3) is 5.91 Å². The second kappa shape index (κ2) is 8.77. The molecule has 0 saturated carbocycles. The molecule has 3 aliphatic rings. The van der Waals surface area contributed by atoms with Crippen LogP contribution in [0.15, 0.2) is 24.3 Å². The number of rotatable bonds is 7. The Balaban J connectivity index is 1.50. The number of carbonyl (C=O) groups is 1. The second-order valence-electron chi connectivity index (χ2n) is 8.25. The predicted octanol–water partition coefficient (Wildman–Crippen LogP) is 1.76. The average Bonchev–Trinajstić information content (AvgIpc) is 2.67. The molecular weight excluding hydrogens is 336 g/mol. The van der Waals surface area contributed by atoms with Gasteiger partial charge in [0, 0.05) is 51.0 Å². The number of piperidine rings is 3. The monoisotopic (exact) mass is 368 g/mol. The molecule has 5 heteroatoms. The zero-order valence-corrected chi connectivity index (χ0v) is 16.8. The van der Waals surface area contributed by atoms with Crippen LogP contribution in [-0.2, 0) is 0 Å². The molecule has 4 rings (SSSR count). The van der Waals surface area contributed by atoms with Gasteiger partial charge in [-0.2, -0.15) is 0 Å². The lowest BCUT2D eigenvalue weighted by Gasteiger charge is -2.50. The van der Waals surface area contributed by atoms with Crippen molar-refractivity contribution in [2.75, 3.05) is 58.8 Å². The zero-order chi connectivity index (χ0) is 19.4. The van der Waals surface area contributed by atoms with E-state index in [0.717, 1.165) is 49.9 Å². The van der Waals surface area contributed by atoms with Gasteiger partial charge in [-0.15, -0.1) is 6.42 Å². The Hall–Kier alpha value is -2.03. The molecule has 5 nitrogen and oxygen atoms in total. The molecule has 0 aliphatic carbocycles. The standard InChI is InChI=1S/C22H32N4O/c1-5-11-25(4)15-19-16-26-12-10-18(19)13-21(26)14-23-22(27)17-6-8-20(9-7-17)24(2)3/h1,6-9,18-19,21H,10-16H2,2-4H3,(H,23,27)/t18-,19+,21+/m1/s1. The third-order valence-electron chi connectivity index (χ3n) is 6.07. The lowest BCUT2D eigenvalue weighted by atomic mass is 9.75. The maximum absolute atomic E-state index is 12.5. The molecule has 1 N–H and O–H groups in total. The summed E-state index contributed by atoms with van der Waals surface area (Å²) >= 11 is 0. The molecule has 146 valence electrons. The largest absolute Gasteiger partial charge is 0.378 e. The van der Waals surface area contributed by atoms with Gasteiger partial charge in [0.2, 0.25) is 0 Å². The maximum Gasteiger partial charge on any atom is 0.251 e. The molecule has 0 radical (unpaired) electrons. The molecular formula is C22H32N4O. The molecule has 3 fully saturated rings. The topological polar surface area (TPSA) is 38.8 Å². The molecule has 3 aliphatic heterocycles. The molecule has 2 bridgehead atoms. The van der Waals surface area contributed by atoms with Crippen molar-refractivity contribution >= 4 is 11.6 Å². The number of benzene rings is 1. The molecule has 1 amide bonds. The minimum Gasteiger partial charge on any atom is -0.378 e. The van der Waals surface area contributed by atoms with Crippen molar-refractivity contribution in [3.63, 3.8) is 0 Å². The van der Waals surface area contributed by atoms with Crippen LogP contribution in [-0.4, -0.2) is 75.6 Å². The zero-order valence-electron chi connectivity index (χ0n) is 16.8. The van der Waals surface area contributed by atoms with Gasteiger partial charge >= 0.3 is 0 Å². The molecule has 4 atom stereocenters. The number of nitrogens with one attached hydrogen (secondary N) is 1. The number of hydrogen-bond donors (Lipinski definition) is 1. The first-order valence-electron chi connectivity index (χ1n) is 9.89. The van der Waals surface area contributed by atoms with Crippen LogP contribution in [0, 0.1) is 24.2 Å². The van der Waals surface area contributed by atoms with Crippen LogP contribution in [0.2, 0.25) is 0 Å². The fourth-order valence-corrected chi connectivity index (χ4v) is 4.51. The van der Waals surface area contributed by atoms with E-state index in [1.54, 1.807) is 0 Å². The van der Waals surface area contributed by atoms with E-state index in [9.17, 15) is 4.79 Å². The summed E-state index contributed by atoms with van der Waals surface area (Å²) in [6.45, 7) is 4.80. The summed E-state index contributed by atoms with van der Waals surface area (Å²) in [5.41, 5.74) is 1.83.